The van der Waals surface area contributed by atoms with Gasteiger partial charge in [0.15, 0.2) is 29.0 Å². The van der Waals surface area contributed by atoms with Gasteiger partial charge in [0.2, 0.25) is 0 Å². The predicted octanol–water partition coefficient (Wildman–Crippen LogP) is 4.22. The van der Waals surface area contributed by atoms with Crippen LogP contribution >= 0.6 is 0 Å². The summed E-state index contributed by atoms with van der Waals surface area (Å²) in [5.41, 5.74) is -0.901. The van der Waals surface area contributed by atoms with Crippen LogP contribution in [0.2, 0.25) is 0 Å². The lowest BCUT2D eigenvalue weighted by molar-refractivity contribution is -0.140. The van der Waals surface area contributed by atoms with Crippen LogP contribution in [-0.2, 0) is 32.8 Å². The third-order valence-electron chi connectivity index (χ3n) is 7.68. The number of amides is 1. The average Bonchev–Trinajstić information content (AvgIpc) is 3.22. The first-order chi connectivity index (χ1) is 18.9. The molecule has 2 atom stereocenters. The van der Waals surface area contributed by atoms with Crippen LogP contribution in [0.5, 0.6) is 17.2 Å². The molecule has 40 heavy (non-hydrogen) atoms. The fraction of sp³-hybridized carbons (Fsp3) is 0.267. The Morgan fingerprint density at radius 3 is 2.52 bits per heavy atom. The van der Waals surface area contributed by atoms with Crippen molar-refractivity contribution in [1.29, 1.82) is 0 Å². The number of carbonyl (C=O) groups excluding carboxylic acids is 4. The van der Waals surface area contributed by atoms with Gasteiger partial charge < -0.3 is 19.9 Å². The number of phenols is 1. The van der Waals surface area contributed by atoms with E-state index in [1.54, 1.807) is 12.1 Å². The van der Waals surface area contributed by atoms with Gasteiger partial charge in [-0.1, -0.05) is 25.1 Å². The molecule has 1 heterocycles. The molecular formula is C30H25F2NO7. The molecule has 2 N–H and O–H groups in total. The number of carbonyl (C=O) groups is 4. The summed E-state index contributed by atoms with van der Waals surface area (Å²) in [6.07, 6.45) is 1.51. The van der Waals surface area contributed by atoms with Gasteiger partial charge in [-0.3, -0.25) is 19.2 Å². The number of benzene rings is 3. The van der Waals surface area contributed by atoms with Crippen molar-refractivity contribution in [2.45, 2.75) is 39.2 Å². The zero-order valence-electron chi connectivity index (χ0n) is 22.1. The van der Waals surface area contributed by atoms with Crippen molar-refractivity contribution >= 4 is 34.0 Å². The summed E-state index contributed by atoms with van der Waals surface area (Å²) >= 11 is 0. The standard InChI is InChI=1S/C30H25F2NO7/c1-5-14-6-7-15-8-9-17(31)26(32)23(15)16(14)12-33-29(38)24-20(39-4)10-19(36)25-27(24)40-21-11-18(35)22(13(2)34)28(37)30(21,25)3/h6-11,22,36H,5,12H2,1-4H3,(H,33,38)/t22?,30-/m1/s1. The lowest BCUT2D eigenvalue weighted by Crippen LogP contribution is -2.47. The van der Waals surface area contributed by atoms with Gasteiger partial charge in [-0.2, -0.15) is 0 Å². The normalized spacial score (nSPS) is 19.6. The second-order valence-electron chi connectivity index (χ2n) is 9.92. The quantitative estimate of drug-likeness (QED) is 0.442. The number of halogens is 2. The number of allylic oxidation sites excluding steroid dienone is 2. The van der Waals surface area contributed by atoms with Crippen LogP contribution in [0.3, 0.4) is 0 Å². The second-order valence-corrected chi connectivity index (χ2v) is 9.92. The Labute approximate surface area is 227 Å². The monoisotopic (exact) mass is 549 g/mol. The molecule has 1 aliphatic carbocycles. The maximum Gasteiger partial charge on any atom is 0.259 e. The molecular weight excluding hydrogens is 524 g/mol. The number of methoxy groups -OCH3 is 1. The molecule has 2 aliphatic rings. The van der Waals surface area contributed by atoms with Crippen LogP contribution in [0, 0.1) is 17.6 Å². The molecule has 0 bridgehead atoms. The SMILES string of the molecule is CCc1ccc2ccc(F)c(F)c2c1CNC(=O)c1c(OC)cc(O)c2c1OC1=CC(=O)C(C(C)=O)C(=O)[C@]12C. The number of hydrogen-bond donors (Lipinski definition) is 2. The van der Waals surface area contributed by atoms with Crippen molar-refractivity contribution < 1.29 is 42.5 Å². The number of aryl methyl sites for hydroxylation is 1. The Bertz CT molecular complexity index is 1690. The molecule has 3 aromatic carbocycles. The molecule has 5 rings (SSSR count). The molecule has 0 fully saturated rings. The third kappa shape index (κ3) is 3.77. The highest BCUT2D eigenvalue weighted by Gasteiger charge is 2.58. The zero-order valence-corrected chi connectivity index (χ0v) is 22.1. The number of rotatable bonds is 6. The Balaban J connectivity index is 1.61. The van der Waals surface area contributed by atoms with E-state index in [4.69, 9.17) is 9.47 Å². The van der Waals surface area contributed by atoms with Crippen molar-refractivity contribution in [3.8, 4) is 17.2 Å². The minimum absolute atomic E-state index is 0.0434. The number of aromatic hydroxyl groups is 1. The summed E-state index contributed by atoms with van der Waals surface area (Å²) in [4.78, 5) is 51.8. The highest BCUT2D eigenvalue weighted by molar-refractivity contribution is 6.27. The number of nitrogens with one attached hydrogen (secondary N) is 1. The van der Waals surface area contributed by atoms with E-state index < -0.39 is 52.0 Å². The maximum absolute atomic E-state index is 14.9. The van der Waals surface area contributed by atoms with Crippen molar-refractivity contribution in [1.82, 2.24) is 5.32 Å². The van der Waals surface area contributed by atoms with Gasteiger partial charge in [-0.25, -0.2) is 8.78 Å². The van der Waals surface area contributed by atoms with Crippen molar-refractivity contribution in [3.05, 3.63) is 76.1 Å². The third-order valence-corrected chi connectivity index (χ3v) is 7.68. The molecule has 8 nitrogen and oxygen atoms in total. The van der Waals surface area contributed by atoms with E-state index >= 15 is 0 Å². The summed E-state index contributed by atoms with van der Waals surface area (Å²) in [7, 11) is 1.26. The lowest BCUT2D eigenvalue weighted by Gasteiger charge is -2.30. The van der Waals surface area contributed by atoms with Crippen LogP contribution in [0.1, 0.15) is 47.8 Å². The van der Waals surface area contributed by atoms with Gasteiger partial charge in [-0.15, -0.1) is 0 Å². The first-order valence-electron chi connectivity index (χ1n) is 12.5. The zero-order chi connectivity index (χ0) is 29.1. The largest absolute Gasteiger partial charge is 0.507 e. The molecule has 0 saturated heterocycles. The number of hydrogen-bond acceptors (Lipinski definition) is 7. The summed E-state index contributed by atoms with van der Waals surface area (Å²) in [6, 6.07) is 7.07. The fourth-order valence-electron chi connectivity index (χ4n) is 5.60. The molecule has 0 radical (unpaired) electrons. The molecule has 1 amide bonds. The highest BCUT2D eigenvalue weighted by atomic mass is 19.2. The van der Waals surface area contributed by atoms with E-state index in [1.165, 1.54) is 20.1 Å². The maximum atomic E-state index is 14.9. The summed E-state index contributed by atoms with van der Waals surface area (Å²) in [5.74, 6) is -7.44. The lowest BCUT2D eigenvalue weighted by atomic mass is 9.67. The molecule has 0 saturated carbocycles. The Morgan fingerprint density at radius 1 is 1.18 bits per heavy atom. The second kappa shape index (κ2) is 9.55. The summed E-state index contributed by atoms with van der Waals surface area (Å²) in [5, 5.41) is 14.1. The van der Waals surface area contributed by atoms with Crippen LogP contribution in [-0.4, -0.2) is 35.5 Å². The Hall–Kier alpha value is -4.60. The average molecular weight is 550 g/mol. The summed E-state index contributed by atoms with van der Waals surface area (Å²) in [6.45, 7) is 4.18. The van der Waals surface area contributed by atoms with Crippen LogP contribution in [0.15, 0.2) is 42.2 Å². The number of ether oxygens (including phenoxy) is 2. The van der Waals surface area contributed by atoms with Crippen molar-refractivity contribution in [2.24, 2.45) is 5.92 Å². The van der Waals surface area contributed by atoms with Crippen LogP contribution in [0.4, 0.5) is 8.78 Å². The number of Topliss-reactive ketones (excluding diaryl/α,β-unsaturated/α-hetero) is 2. The predicted molar refractivity (Wildman–Crippen MR) is 139 cm³/mol. The molecule has 206 valence electrons. The molecule has 3 aromatic rings. The Morgan fingerprint density at radius 2 is 1.88 bits per heavy atom. The van der Waals surface area contributed by atoms with E-state index in [9.17, 15) is 33.1 Å². The van der Waals surface area contributed by atoms with Crippen LogP contribution < -0.4 is 14.8 Å². The van der Waals surface area contributed by atoms with Crippen molar-refractivity contribution in [2.75, 3.05) is 7.11 Å². The molecule has 10 heteroatoms. The highest BCUT2D eigenvalue weighted by Crippen LogP contribution is 2.56. The van der Waals surface area contributed by atoms with E-state index in [0.29, 0.717) is 22.9 Å². The van der Waals surface area contributed by atoms with E-state index in [1.807, 2.05) is 6.92 Å². The first kappa shape index (κ1) is 27.0. The molecule has 1 unspecified atom stereocenters. The minimum Gasteiger partial charge on any atom is -0.507 e. The van der Waals surface area contributed by atoms with Gasteiger partial charge in [-0.05, 0) is 42.8 Å². The van der Waals surface area contributed by atoms with E-state index in [2.05, 4.69) is 5.32 Å². The van der Waals surface area contributed by atoms with Gasteiger partial charge in [0, 0.05) is 24.1 Å². The Kier molecular flexibility index (Phi) is 6.44. The number of phenolic OH excluding ortho intramolecular Hbond substituents is 1. The van der Waals surface area contributed by atoms with Crippen LogP contribution in [0.25, 0.3) is 10.8 Å². The smallest absolute Gasteiger partial charge is 0.259 e. The van der Waals surface area contributed by atoms with Gasteiger partial charge in [0.05, 0.1) is 12.7 Å². The summed E-state index contributed by atoms with van der Waals surface area (Å²) < 4.78 is 40.2. The number of fused-ring (bicyclic) bond motifs is 4. The fourth-order valence-corrected chi connectivity index (χ4v) is 5.60. The molecule has 1 aliphatic heterocycles. The van der Waals surface area contributed by atoms with Crippen molar-refractivity contribution in [3.63, 3.8) is 0 Å². The van der Waals surface area contributed by atoms with Gasteiger partial charge in [0.1, 0.15) is 39.9 Å². The van der Waals surface area contributed by atoms with Gasteiger partial charge >= 0.3 is 0 Å². The van der Waals surface area contributed by atoms with Gasteiger partial charge in [0.25, 0.3) is 5.91 Å². The first-order valence-corrected chi connectivity index (χ1v) is 12.5. The van der Waals surface area contributed by atoms with E-state index in [-0.39, 0.29) is 40.3 Å². The topological polar surface area (TPSA) is 119 Å². The molecule has 0 spiro atoms. The number of ketones is 3. The van der Waals surface area contributed by atoms with E-state index in [0.717, 1.165) is 25.1 Å². The molecule has 0 aromatic heterocycles. The minimum atomic E-state index is -1.71.